The van der Waals surface area contributed by atoms with Gasteiger partial charge in [0.15, 0.2) is 5.82 Å². The summed E-state index contributed by atoms with van der Waals surface area (Å²) in [5, 5.41) is 14.1. The van der Waals surface area contributed by atoms with Crippen molar-refractivity contribution in [3.63, 3.8) is 0 Å². The number of esters is 1. The molecule has 0 spiro atoms. The van der Waals surface area contributed by atoms with Gasteiger partial charge < -0.3 is 15.4 Å². The maximum atomic E-state index is 11.6. The number of ether oxygens (including phenoxy) is 1. The molecule has 0 atom stereocenters. The van der Waals surface area contributed by atoms with Crippen LogP contribution in [0.1, 0.15) is 15.9 Å². The lowest BCUT2D eigenvalue weighted by molar-refractivity contribution is 0.0601. The summed E-state index contributed by atoms with van der Waals surface area (Å²) >= 11 is 0. The summed E-state index contributed by atoms with van der Waals surface area (Å²) in [4.78, 5) is 16.0. The van der Waals surface area contributed by atoms with Gasteiger partial charge in [0.25, 0.3) is 0 Å². The van der Waals surface area contributed by atoms with Gasteiger partial charge in [0.1, 0.15) is 0 Å². The molecule has 25 heavy (non-hydrogen) atoms. The van der Waals surface area contributed by atoms with Crippen molar-refractivity contribution in [3.8, 4) is 0 Å². The minimum atomic E-state index is -0.405. The number of hydrogen-bond acceptors (Lipinski definition) is 7. The molecule has 0 saturated carbocycles. The van der Waals surface area contributed by atoms with E-state index in [9.17, 15) is 4.79 Å². The van der Waals surface area contributed by atoms with Crippen LogP contribution in [-0.4, -0.2) is 28.3 Å². The van der Waals surface area contributed by atoms with Gasteiger partial charge in [0.2, 0.25) is 5.95 Å². The Bertz CT molecular complexity index is 881. The number of nitrogens with zero attached hydrogens (tertiary/aromatic N) is 3. The van der Waals surface area contributed by atoms with Crippen LogP contribution in [0.5, 0.6) is 0 Å². The van der Waals surface area contributed by atoms with Crippen LogP contribution in [0.4, 0.5) is 23.1 Å². The van der Waals surface area contributed by atoms with E-state index in [2.05, 4.69) is 25.8 Å². The van der Waals surface area contributed by atoms with Gasteiger partial charge in [-0.2, -0.15) is 10.1 Å². The van der Waals surface area contributed by atoms with E-state index in [1.807, 2.05) is 31.2 Å². The fourth-order valence-corrected chi connectivity index (χ4v) is 2.17. The lowest BCUT2D eigenvalue weighted by atomic mass is 10.2. The number of carbonyl (C=O) groups excluding carboxylic acids is 1. The number of hydrogen-bond donors (Lipinski definition) is 2. The molecule has 1 aromatic heterocycles. The zero-order valence-electron chi connectivity index (χ0n) is 13.9. The number of anilines is 4. The summed E-state index contributed by atoms with van der Waals surface area (Å²) in [6.45, 7) is 2.03. The van der Waals surface area contributed by atoms with Crippen molar-refractivity contribution in [2.24, 2.45) is 0 Å². The average molecular weight is 335 g/mol. The Balaban J connectivity index is 1.75. The molecule has 2 aromatic carbocycles. The van der Waals surface area contributed by atoms with Crippen LogP contribution in [0.2, 0.25) is 0 Å². The van der Waals surface area contributed by atoms with E-state index >= 15 is 0 Å². The first-order valence-electron chi connectivity index (χ1n) is 7.63. The Morgan fingerprint density at radius 3 is 2.60 bits per heavy atom. The minimum Gasteiger partial charge on any atom is -0.465 e. The molecule has 0 amide bonds. The number of rotatable bonds is 5. The Kier molecular flexibility index (Phi) is 4.84. The third-order valence-electron chi connectivity index (χ3n) is 3.42. The maximum Gasteiger partial charge on any atom is 0.337 e. The Labute approximate surface area is 145 Å². The molecule has 126 valence electrons. The quantitative estimate of drug-likeness (QED) is 0.690. The molecule has 0 fully saturated rings. The molecule has 0 aliphatic rings. The fraction of sp³-hybridized carbons (Fsp3) is 0.111. The second-order valence-electron chi connectivity index (χ2n) is 5.35. The first-order chi connectivity index (χ1) is 12.1. The molecule has 0 bridgehead atoms. The van der Waals surface area contributed by atoms with E-state index in [0.29, 0.717) is 23.0 Å². The molecule has 3 rings (SSSR count). The number of aryl methyl sites for hydroxylation is 1. The standard InChI is InChI=1S/C18H17N5O2/c1-12-6-8-14(9-7-12)20-16-11-19-23-18(22-16)21-15-5-3-4-13(10-15)17(24)25-2/h3-11H,1-2H3,(H2,20,21,22,23). The number of nitrogens with one attached hydrogen (secondary N) is 2. The maximum absolute atomic E-state index is 11.6. The lowest BCUT2D eigenvalue weighted by Gasteiger charge is -2.08. The fourth-order valence-electron chi connectivity index (χ4n) is 2.17. The van der Waals surface area contributed by atoms with Gasteiger partial charge in [-0.3, -0.25) is 0 Å². The van der Waals surface area contributed by atoms with Gasteiger partial charge in [0, 0.05) is 11.4 Å². The first-order valence-corrected chi connectivity index (χ1v) is 7.63. The number of aromatic nitrogens is 3. The number of benzene rings is 2. The Morgan fingerprint density at radius 2 is 1.84 bits per heavy atom. The van der Waals surface area contributed by atoms with Gasteiger partial charge in [-0.1, -0.05) is 23.8 Å². The van der Waals surface area contributed by atoms with Crippen LogP contribution in [0.25, 0.3) is 0 Å². The van der Waals surface area contributed by atoms with Crippen molar-refractivity contribution in [2.45, 2.75) is 6.92 Å². The molecule has 0 radical (unpaired) electrons. The van der Waals surface area contributed by atoms with Crippen molar-refractivity contribution in [1.29, 1.82) is 0 Å². The van der Waals surface area contributed by atoms with Crippen LogP contribution in [0, 0.1) is 6.92 Å². The van der Waals surface area contributed by atoms with Gasteiger partial charge in [-0.05, 0) is 37.3 Å². The van der Waals surface area contributed by atoms with Gasteiger partial charge in [-0.15, -0.1) is 5.10 Å². The van der Waals surface area contributed by atoms with Gasteiger partial charge in [-0.25, -0.2) is 4.79 Å². The van der Waals surface area contributed by atoms with E-state index in [-0.39, 0.29) is 0 Å². The van der Waals surface area contributed by atoms with Crippen molar-refractivity contribution < 1.29 is 9.53 Å². The predicted molar refractivity (Wildman–Crippen MR) is 95.4 cm³/mol. The van der Waals surface area contributed by atoms with Gasteiger partial charge >= 0.3 is 5.97 Å². The normalized spacial score (nSPS) is 10.2. The zero-order chi connectivity index (χ0) is 17.6. The lowest BCUT2D eigenvalue weighted by Crippen LogP contribution is -2.04. The summed E-state index contributed by atoms with van der Waals surface area (Å²) in [6.07, 6.45) is 1.54. The van der Waals surface area contributed by atoms with E-state index in [1.165, 1.54) is 18.9 Å². The second kappa shape index (κ2) is 7.39. The summed E-state index contributed by atoms with van der Waals surface area (Å²) in [5.41, 5.74) is 3.19. The van der Waals surface area contributed by atoms with E-state index in [4.69, 9.17) is 4.74 Å². The molecule has 0 unspecified atom stereocenters. The summed E-state index contributed by atoms with van der Waals surface area (Å²) < 4.78 is 4.72. The van der Waals surface area contributed by atoms with Crippen LogP contribution < -0.4 is 10.6 Å². The van der Waals surface area contributed by atoms with E-state index in [0.717, 1.165) is 5.69 Å². The van der Waals surface area contributed by atoms with Crippen LogP contribution in [-0.2, 0) is 4.74 Å². The first kappa shape index (κ1) is 16.4. The third kappa shape index (κ3) is 4.29. The average Bonchev–Trinajstić information content (AvgIpc) is 2.63. The van der Waals surface area contributed by atoms with E-state index in [1.54, 1.807) is 24.3 Å². The minimum absolute atomic E-state index is 0.319. The highest BCUT2D eigenvalue weighted by atomic mass is 16.5. The van der Waals surface area contributed by atoms with Crippen LogP contribution >= 0.6 is 0 Å². The highest BCUT2D eigenvalue weighted by Crippen LogP contribution is 2.18. The van der Waals surface area contributed by atoms with Crippen molar-refractivity contribution in [2.75, 3.05) is 17.7 Å². The highest BCUT2D eigenvalue weighted by molar-refractivity contribution is 5.90. The predicted octanol–water partition coefficient (Wildman–Crippen LogP) is 3.45. The molecule has 0 aliphatic carbocycles. The highest BCUT2D eigenvalue weighted by Gasteiger charge is 2.07. The smallest absolute Gasteiger partial charge is 0.337 e. The SMILES string of the molecule is COC(=O)c1cccc(Nc2nncc(Nc3ccc(C)cc3)n2)c1. The number of methoxy groups -OCH3 is 1. The number of carbonyl (C=O) groups is 1. The molecule has 0 aliphatic heterocycles. The molecular formula is C18H17N5O2. The molecule has 0 saturated heterocycles. The summed E-state index contributed by atoms with van der Waals surface area (Å²) in [5.74, 6) is 0.474. The summed E-state index contributed by atoms with van der Waals surface area (Å²) in [7, 11) is 1.34. The second-order valence-corrected chi connectivity index (χ2v) is 5.35. The van der Waals surface area contributed by atoms with Crippen molar-refractivity contribution >= 4 is 29.1 Å². The molecule has 1 heterocycles. The zero-order valence-corrected chi connectivity index (χ0v) is 13.9. The van der Waals surface area contributed by atoms with Crippen LogP contribution in [0.15, 0.2) is 54.7 Å². The molecule has 2 N–H and O–H groups in total. The van der Waals surface area contributed by atoms with Crippen LogP contribution in [0.3, 0.4) is 0 Å². The molecule has 3 aromatic rings. The Morgan fingerprint density at radius 1 is 1.04 bits per heavy atom. The molecular weight excluding hydrogens is 318 g/mol. The monoisotopic (exact) mass is 335 g/mol. The summed E-state index contributed by atoms with van der Waals surface area (Å²) in [6, 6.07) is 14.8. The van der Waals surface area contributed by atoms with Crippen molar-refractivity contribution in [1.82, 2.24) is 15.2 Å². The topological polar surface area (TPSA) is 89.0 Å². The van der Waals surface area contributed by atoms with E-state index < -0.39 is 5.97 Å². The van der Waals surface area contributed by atoms with Crippen molar-refractivity contribution in [3.05, 3.63) is 65.9 Å². The largest absolute Gasteiger partial charge is 0.465 e. The third-order valence-corrected chi connectivity index (χ3v) is 3.42. The van der Waals surface area contributed by atoms with Gasteiger partial charge in [0.05, 0.1) is 18.9 Å². The molecule has 7 nitrogen and oxygen atoms in total. The molecule has 7 heteroatoms. The Hall–Kier alpha value is -3.48.